The monoisotopic (exact) mass is 266 g/mol. The molecule has 1 atom stereocenters. The van der Waals surface area contributed by atoms with Crippen molar-refractivity contribution < 1.29 is 14.3 Å². The van der Waals surface area contributed by atoms with Crippen LogP contribution >= 0.6 is 0 Å². The maximum Gasteiger partial charge on any atom is 0.333 e. The SMILES string of the molecule is C=C(CC1CCCCCCCCC1=O)C(=O)OCC. The van der Waals surface area contributed by atoms with Gasteiger partial charge in [0, 0.05) is 17.9 Å². The maximum atomic E-state index is 12.2. The molecule has 1 aliphatic rings. The van der Waals surface area contributed by atoms with Crippen LogP contribution in [-0.4, -0.2) is 18.4 Å². The number of ketones is 1. The average molecular weight is 266 g/mol. The van der Waals surface area contributed by atoms with Gasteiger partial charge < -0.3 is 4.74 Å². The first-order chi connectivity index (χ1) is 9.15. The van der Waals surface area contributed by atoms with Crippen LogP contribution in [0, 0.1) is 5.92 Å². The Balaban J connectivity index is 2.52. The van der Waals surface area contributed by atoms with Gasteiger partial charge in [-0.05, 0) is 26.2 Å². The van der Waals surface area contributed by atoms with Gasteiger partial charge in [-0.3, -0.25) is 4.79 Å². The minimum atomic E-state index is -0.354. The second-order valence-electron chi connectivity index (χ2n) is 5.35. The van der Waals surface area contributed by atoms with Gasteiger partial charge in [-0.2, -0.15) is 0 Å². The van der Waals surface area contributed by atoms with Crippen molar-refractivity contribution in [2.75, 3.05) is 6.61 Å². The van der Waals surface area contributed by atoms with Gasteiger partial charge in [0.05, 0.1) is 6.61 Å². The molecule has 3 heteroatoms. The molecule has 0 aromatic carbocycles. The van der Waals surface area contributed by atoms with E-state index in [4.69, 9.17) is 4.74 Å². The highest BCUT2D eigenvalue weighted by Gasteiger charge is 2.22. The van der Waals surface area contributed by atoms with Crippen LogP contribution in [0.1, 0.15) is 64.7 Å². The van der Waals surface area contributed by atoms with Crippen molar-refractivity contribution in [2.24, 2.45) is 5.92 Å². The summed E-state index contributed by atoms with van der Waals surface area (Å²) in [6.45, 7) is 5.91. The molecule has 3 nitrogen and oxygen atoms in total. The van der Waals surface area contributed by atoms with E-state index in [0.29, 0.717) is 30.8 Å². The van der Waals surface area contributed by atoms with E-state index in [0.717, 1.165) is 25.7 Å². The Kier molecular flexibility index (Phi) is 7.46. The smallest absolute Gasteiger partial charge is 0.333 e. The molecule has 1 unspecified atom stereocenters. The summed E-state index contributed by atoms with van der Waals surface area (Å²) in [5.41, 5.74) is 0.442. The molecule has 108 valence electrons. The highest BCUT2D eigenvalue weighted by Crippen LogP contribution is 2.24. The van der Waals surface area contributed by atoms with Crippen molar-refractivity contribution in [1.82, 2.24) is 0 Å². The van der Waals surface area contributed by atoms with Crippen molar-refractivity contribution >= 4 is 11.8 Å². The van der Waals surface area contributed by atoms with Gasteiger partial charge in [0.25, 0.3) is 0 Å². The van der Waals surface area contributed by atoms with Gasteiger partial charge in [0.15, 0.2) is 0 Å². The van der Waals surface area contributed by atoms with E-state index in [1.54, 1.807) is 6.92 Å². The maximum absolute atomic E-state index is 12.2. The molecular weight excluding hydrogens is 240 g/mol. The summed E-state index contributed by atoms with van der Waals surface area (Å²) in [7, 11) is 0. The summed E-state index contributed by atoms with van der Waals surface area (Å²) in [5.74, 6) is -0.0882. The summed E-state index contributed by atoms with van der Waals surface area (Å²) < 4.78 is 4.93. The van der Waals surface area contributed by atoms with E-state index in [9.17, 15) is 9.59 Å². The number of ether oxygens (including phenoxy) is 1. The van der Waals surface area contributed by atoms with Crippen molar-refractivity contribution in [3.8, 4) is 0 Å². The van der Waals surface area contributed by atoms with Crippen LogP contribution in [0.25, 0.3) is 0 Å². The highest BCUT2D eigenvalue weighted by molar-refractivity contribution is 5.89. The summed E-state index contributed by atoms with van der Waals surface area (Å²) in [6.07, 6.45) is 8.92. The molecule has 1 rings (SSSR count). The van der Waals surface area contributed by atoms with Crippen LogP contribution in [0.2, 0.25) is 0 Å². The number of esters is 1. The van der Waals surface area contributed by atoms with E-state index in [1.165, 1.54) is 19.3 Å². The number of carbonyl (C=O) groups excluding carboxylic acids is 2. The lowest BCUT2D eigenvalue weighted by atomic mass is 9.87. The van der Waals surface area contributed by atoms with Crippen molar-refractivity contribution in [3.63, 3.8) is 0 Å². The van der Waals surface area contributed by atoms with Gasteiger partial charge in [0.1, 0.15) is 5.78 Å². The summed E-state index contributed by atoms with van der Waals surface area (Å²) in [6, 6.07) is 0. The molecule has 0 amide bonds. The van der Waals surface area contributed by atoms with Crippen LogP contribution in [0.3, 0.4) is 0 Å². The van der Waals surface area contributed by atoms with E-state index in [2.05, 4.69) is 6.58 Å². The third-order valence-corrected chi connectivity index (χ3v) is 3.74. The molecule has 0 heterocycles. The number of carbonyl (C=O) groups is 2. The largest absolute Gasteiger partial charge is 0.463 e. The normalized spacial score (nSPS) is 21.7. The molecule has 0 aliphatic heterocycles. The fraction of sp³-hybridized carbons (Fsp3) is 0.750. The Bertz CT molecular complexity index is 320. The van der Waals surface area contributed by atoms with Crippen molar-refractivity contribution in [1.29, 1.82) is 0 Å². The van der Waals surface area contributed by atoms with E-state index in [1.807, 2.05) is 0 Å². The molecule has 0 aromatic rings. The third kappa shape index (κ3) is 6.04. The molecule has 0 N–H and O–H groups in total. The molecule has 0 bridgehead atoms. The zero-order valence-corrected chi connectivity index (χ0v) is 12.1. The second-order valence-corrected chi connectivity index (χ2v) is 5.35. The Hall–Kier alpha value is -1.12. The average Bonchev–Trinajstić information content (AvgIpc) is 2.40. The standard InChI is InChI=1S/C16H26O3/c1-3-19-16(18)13(2)12-14-10-8-6-4-5-7-9-11-15(14)17/h14H,2-12H2,1H3. The van der Waals surface area contributed by atoms with Crippen LogP contribution < -0.4 is 0 Å². The molecule has 1 saturated carbocycles. The highest BCUT2D eigenvalue weighted by atomic mass is 16.5. The minimum Gasteiger partial charge on any atom is -0.463 e. The van der Waals surface area contributed by atoms with Gasteiger partial charge in [0.2, 0.25) is 0 Å². The minimum absolute atomic E-state index is 0.0324. The van der Waals surface area contributed by atoms with Gasteiger partial charge in [-0.1, -0.05) is 38.7 Å². The van der Waals surface area contributed by atoms with Gasteiger partial charge in [-0.25, -0.2) is 4.79 Å². The predicted octanol–water partition coefficient (Wildman–Crippen LogP) is 3.82. The fourth-order valence-electron chi connectivity index (χ4n) is 2.59. The Morgan fingerprint density at radius 3 is 2.53 bits per heavy atom. The lowest BCUT2D eigenvalue weighted by molar-refractivity contribution is -0.138. The summed E-state index contributed by atoms with van der Waals surface area (Å²) in [5, 5.41) is 0. The van der Waals surface area contributed by atoms with Crippen LogP contribution in [0.4, 0.5) is 0 Å². The van der Waals surface area contributed by atoms with Crippen LogP contribution in [0.5, 0.6) is 0 Å². The topological polar surface area (TPSA) is 43.4 Å². The molecular formula is C16H26O3. The second kappa shape index (κ2) is 8.89. The molecule has 0 radical (unpaired) electrons. The number of Topliss-reactive ketones (excluding diaryl/α,β-unsaturated/α-hetero) is 1. The summed E-state index contributed by atoms with van der Waals surface area (Å²) >= 11 is 0. The molecule has 0 saturated heterocycles. The zero-order valence-electron chi connectivity index (χ0n) is 12.1. The van der Waals surface area contributed by atoms with Crippen LogP contribution in [-0.2, 0) is 14.3 Å². The summed E-state index contributed by atoms with van der Waals surface area (Å²) in [4.78, 5) is 23.7. The number of hydrogen-bond donors (Lipinski definition) is 0. The Labute approximate surface area is 116 Å². The van der Waals surface area contributed by atoms with E-state index in [-0.39, 0.29) is 11.9 Å². The van der Waals surface area contributed by atoms with Gasteiger partial charge in [-0.15, -0.1) is 0 Å². The fourth-order valence-corrected chi connectivity index (χ4v) is 2.59. The lowest BCUT2D eigenvalue weighted by Gasteiger charge is -2.18. The predicted molar refractivity (Wildman–Crippen MR) is 75.8 cm³/mol. The molecule has 0 spiro atoms. The molecule has 19 heavy (non-hydrogen) atoms. The zero-order chi connectivity index (χ0) is 14.1. The number of rotatable bonds is 4. The molecule has 1 fully saturated rings. The van der Waals surface area contributed by atoms with E-state index >= 15 is 0 Å². The molecule has 0 aromatic heterocycles. The Morgan fingerprint density at radius 1 is 1.21 bits per heavy atom. The lowest BCUT2D eigenvalue weighted by Crippen LogP contribution is -2.19. The van der Waals surface area contributed by atoms with Crippen LogP contribution in [0.15, 0.2) is 12.2 Å². The quantitative estimate of drug-likeness (QED) is 0.574. The Morgan fingerprint density at radius 2 is 1.84 bits per heavy atom. The number of hydrogen-bond acceptors (Lipinski definition) is 3. The first-order valence-corrected chi connectivity index (χ1v) is 7.52. The van der Waals surface area contributed by atoms with Gasteiger partial charge >= 0.3 is 5.97 Å². The first-order valence-electron chi connectivity index (χ1n) is 7.52. The first kappa shape index (κ1) is 15.9. The van der Waals surface area contributed by atoms with Crippen molar-refractivity contribution in [3.05, 3.63) is 12.2 Å². The molecule has 1 aliphatic carbocycles. The van der Waals surface area contributed by atoms with E-state index < -0.39 is 0 Å². The van der Waals surface area contributed by atoms with Crippen molar-refractivity contribution in [2.45, 2.75) is 64.7 Å². The third-order valence-electron chi connectivity index (χ3n) is 3.74.